The van der Waals surface area contributed by atoms with E-state index < -0.39 is 5.41 Å². The first-order chi connectivity index (χ1) is 44.5. The molecule has 0 aliphatic rings. The maximum atomic E-state index is 13.7. The van der Waals surface area contributed by atoms with Crippen LogP contribution in [0.4, 0.5) is 0 Å². The fourth-order valence-corrected chi connectivity index (χ4v) is 18.2. The van der Waals surface area contributed by atoms with Gasteiger partial charge in [-0.3, -0.25) is 0 Å². The number of hydrogen-bond donors (Lipinski definition) is 0. The Morgan fingerprint density at radius 2 is 0.696 bits per heavy atom. The van der Waals surface area contributed by atoms with Crippen LogP contribution in [0.5, 0.6) is 0 Å². The topological polar surface area (TPSA) is 43.5 Å². The predicted molar refractivity (Wildman–Crippen MR) is 396 cm³/mol. The van der Waals surface area contributed by atoms with Gasteiger partial charge in [0.2, 0.25) is 0 Å². The average Bonchev–Trinajstić information content (AvgIpc) is 1.43. The molecule has 0 radical (unpaired) electrons. The zero-order valence-corrected chi connectivity index (χ0v) is 54.9. The molecular formula is C85H65N5S2. The number of fused-ring (bicyclic) bond motifs is 20. The SMILES string of the molecule is Cc1ccc2c(c1)c1cc(C)ccc1n2-c1c(-c2ccc(C(C)(C)C)cc2C(C)(C)C)c(-n2c3ccc(C)cc3c3cc(C)ccc32)c(-n2c3ccccc3c3ccc4c5ccccc5sc4c32)c(C#N)c1-n1c2ccccc2c2ccc3c4ccccc4sc3c21. The predicted octanol–water partition coefficient (Wildman–Crippen LogP) is 24.2. The number of thiophene rings is 2. The number of nitriles is 1. The fraction of sp³-hybridized carbons (Fsp3) is 0.141. The Morgan fingerprint density at radius 1 is 0.326 bits per heavy atom. The van der Waals surface area contributed by atoms with Crippen LogP contribution in [0.3, 0.4) is 0 Å². The molecule has 0 aliphatic heterocycles. The molecule has 442 valence electrons. The molecule has 0 saturated carbocycles. The molecule has 0 saturated heterocycles. The monoisotopic (exact) mass is 1220 g/mol. The lowest BCUT2D eigenvalue weighted by Gasteiger charge is -2.33. The van der Waals surface area contributed by atoms with Gasteiger partial charge in [-0.15, -0.1) is 22.7 Å². The van der Waals surface area contributed by atoms with E-state index in [4.69, 9.17) is 0 Å². The number of aryl methyl sites for hydroxylation is 4. The van der Waals surface area contributed by atoms with E-state index in [0.29, 0.717) is 5.56 Å². The van der Waals surface area contributed by atoms with E-state index in [-0.39, 0.29) is 5.41 Å². The van der Waals surface area contributed by atoms with Gasteiger partial charge in [0, 0.05) is 79.6 Å². The van der Waals surface area contributed by atoms with Gasteiger partial charge in [-0.2, -0.15) is 5.26 Å². The van der Waals surface area contributed by atoms with Crippen LogP contribution in [0.1, 0.15) is 80.5 Å². The standard InChI is InChI=1S/C85H65N5S2/c1-47-27-37-69-61(41-47)62-42-48(2)28-38-70(62)87(69)80-75(60-32-31-51(84(5,6)7)45-66(60)85(8,9)10)81(88-71-39-29-49(3)43-63(71)64-44-50(4)30-40-72(64)88)77(90-68-24-16-12-20-53(68)57-34-36-59-55-22-14-18-26-74(55)92-83(59)79(57)90)65(46-86)76(80)89-67-23-15-11-19-52(67)56-33-35-58-54-21-13-17-25-73(54)91-82(58)78(56)89/h11-45H,1-10H3. The molecule has 0 amide bonds. The molecule has 0 aliphatic carbocycles. The van der Waals surface area contributed by atoms with Crippen LogP contribution in [0.15, 0.2) is 212 Å². The van der Waals surface area contributed by atoms with E-state index in [1.165, 1.54) is 73.7 Å². The summed E-state index contributed by atoms with van der Waals surface area (Å²) >= 11 is 3.69. The Balaban J connectivity index is 1.23. The zero-order valence-electron chi connectivity index (χ0n) is 53.3. The van der Waals surface area contributed by atoms with Crippen LogP contribution in [0.25, 0.3) is 161 Å². The maximum absolute atomic E-state index is 13.7. The van der Waals surface area contributed by atoms with Crippen molar-refractivity contribution < 1.29 is 0 Å². The van der Waals surface area contributed by atoms with Crippen molar-refractivity contribution in [1.82, 2.24) is 18.3 Å². The Hall–Kier alpha value is -10.2. The normalized spacial score (nSPS) is 12.7. The summed E-state index contributed by atoms with van der Waals surface area (Å²) in [5.74, 6) is 0. The summed E-state index contributed by atoms with van der Waals surface area (Å²) in [5, 5.41) is 27.7. The quantitative estimate of drug-likeness (QED) is 0.169. The molecule has 5 nitrogen and oxygen atoms in total. The summed E-state index contributed by atoms with van der Waals surface area (Å²) in [6.07, 6.45) is 0. The molecular weight excluding hydrogens is 1160 g/mol. The lowest BCUT2D eigenvalue weighted by molar-refractivity contribution is 0.569. The summed E-state index contributed by atoms with van der Waals surface area (Å²) < 4.78 is 15.1. The van der Waals surface area contributed by atoms with Gasteiger partial charge >= 0.3 is 0 Å². The van der Waals surface area contributed by atoms with E-state index in [1.54, 1.807) is 0 Å². The van der Waals surface area contributed by atoms with Crippen molar-refractivity contribution in [2.45, 2.75) is 80.1 Å². The lowest BCUT2D eigenvalue weighted by atomic mass is 9.76. The van der Waals surface area contributed by atoms with Crippen molar-refractivity contribution in [1.29, 1.82) is 5.26 Å². The third-order valence-corrected chi connectivity index (χ3v) is 22.3. The summed E-state index contributed by atoms with van der Waals surface area (Å²) in [6.45, 7) is 23.0. The Morgan fingerprint density at radius 3 is 1.09 bits per heavy atom. The minimum absolute atomic E-state index is 0.173. The average molecular weight is 1220 g/mol. The number of aromatic nitrogens is 4. The number of rotatable bonds is 5. The molecule has 18 aromatic rings. The third kappa shape index (κ3) is 7.63. The van der Waals surface area contributed by atoms with Crippen molar-refractivity contribution in [2.75, 3.05) is 0 Å². The van der Waals surface area contributed by atoms with E-state index in [0.717, 1.165) is 121 Å². The summed E-state index contributed by atoms with van der Waals surface area (Å²) in [4.78, 5) is 0. The van der Waals surface area contributed by atoms with Crippen LogP contribution in [-0.2, 0) is 10.8 Å². The largest absolute Gasteiger partial charge is 0.306 e. The molecule has 6 aromatic heterocycles. The molecule has 6 heterocycles. The zero-order chi connectivity index (χ0) is 62.5. The molecule has 0 spiro atoms. The first kappa shape index (κ1) is 54.7. The smallest absolute Gasteiger partial charge is 0.104 e. The highest BCUT2D eigenvalue weighted by Gasteiger charge is 2.38. The second kappa shape index (κ2) is 19.4. The van der Waals surface area contributed by atoms with Crippen molar-refractivity contribution in [3.63, 3.8) is 0 Å². The van der Waals surface area contributed by atoms with Crippen LogP contribution < -0.4 is 0 Å². The van der Waals surface area contributed by atoms with Gasteiger partial charge in [0.05, 0.1) is 76.3 Å². The number of hydrogen-bond acceptors (Lipinski definition) is 3. The van der Waals surface area contributed by atoms with Gasteiger partial charge in [-0.05, 0) is 128 Å². The van der Waals surface area contributed by atoms with Crippen molar-refractivity contribution in [3.05, 3.63) is 251 Å². The van der Waals surface area contributed by atoms with Crippen molar-refractivity contribution in [2.24, 2.45) is 0 Å². The molecule has 7 heteroatoms. The molecule has 0 N–H and O–H groups in total. The molecule has 12 aromatic carbocycles. The lowest BCUT2D eigenvalue weighted by Crippen LogP contribution is -2.20. The van der Waals surface area contributed by atoms with E-state index >= 15 is 0 Å². The van der Waals surface area contributed by atoms with Gasteiger partial charge in [-0.1, -0.05) is 203 Å². The number of para-hydroxylation sites is 2. The van der Waals surface area contributed by atoms with Gasteiger partial charge < -0.3 is 18.3 Å². The molecule has 0 atom stereocenters. The second-order valence-corrected chi connectivity index (χ2v) is 30.0. The van der Waals surface area contributed by atoms with Gasteiger partial charge in [0.1, 0.15) is 11.6 Å². The highest BCUT2D eigenvalue weighted by molar-refractivity contribution is 7.27. The maximum Gasteiger partial charge on any atom is 0.104 e. The van der Waals surface area contributed by atoms with E-state index in [1.807, 2.05) is 22.7 Å². The first-order valence-corrected chi connectivity index (χ1v) is 33.7. The molecule has 18 rings (SSSR count). The van der Waals surface area contributed by atoms with Crippen molar-refractivity contribution >= 4 is 150 Å². The number of nitrogens with zero attached hydrogens (tertiary/aromatic N) is 5. The van der Waals surface area contributed by atoms with Crippen LogP contribution in [0.2, 0.25) is 0 Å². The van der Waals surface area contributed by atoms with Crippen LogP contribution in [0, 0.1) is 39.0 Å². The van der Waals surface area contributed by atoms with E-state index in [9.17, 15) is 5.26 Å². The van der Waals surface area contributed by atoms with Gasteiger partial charge in [-0.25, -0.2) is 0 Å². The van der Waals surface area contributed by atoms with E-state index in [2.05, 4.69) is 306 Å². The summed E-state index contributed by atoms with van der Waals surface area (Å²) in [5.41, 5.74) is 21.3. The highest BCUT2D eigenvalue weighted by atomic mass is 32.1. The van der Waals surface area contributed by atoms with Crippen molar-refractivity contribution in [3.8, 4) is 39.9 Å². The molecule has 0 bridgehead atoms. The number of benzene rings is 12. The van der Waals surface area contributed by atoms with Gasteiger partial charge in [0.15, 0.2) is 0 Å². The third-order valence-electron chi connectivity index (χ3n) is 19.9. The first-order valence-electron chi connectivity index (χ1n) is 32.0. The Bertz CT molecular complexity index is 5880. The minimum atomic E-state index is -0.393. The van der Waals surface area contributed by atoms with Crippen LogP contribution in [-0.4, -0.2) is 18.3 Å². The second-order valence-electron chi connectivity index (χ2n) is 27.8. The Kier molecular flexibility index (Phi) is 11.5. The Labute approximate surface area is 541 Å². The molecule has 0 fully saturated rings. The highest BCUT2D eigenvalue weighted by Crippen LogP contribution is 2.56. The van der Waals surface area contributed by atoms with Crippen LogP contribution >= 0.6 is 22.7 Å². The fourth-order valence-electron chi connectivity index (χ4n) is 15.7. The molecule has 0 unspecified atom stereocenters. The minimum Gasteiger partial charge on any atom is -0.306 e. The summed E-state index contributed by atoms with van der Waals surface area (Å²) in [6, 6.07) is 83.6. The summed E-state index contributed by atoms with van der Waals surface area (Å²) in [7, 11) is 0. The molecule has 92 heavy (non-hydrogen) atoms. The van der Waals surface area contributed by atoms with Gasteiger partial charge in [0.25, 0.3) is 0 Å².